The maximum atomic E-state index is 11.8. The van der Waals surface area contributed by atoms with Crippen LogP contribution in [0, 0.1) is 0 Å². The second-order valence-electron chi connectivity index (χ2n) is 7.35. The first-order chi connectivity index (χ1) is 15.6. The van der Waals surface area contributed by atoms with Crippen LogP contribution in [0.2, 0.25) is 0 Å². The molecule has 0 spiro atoms. The number of rotatable bonds is 6. The molecule has 0 aliphatic carbocycles. The van der Waals surface area contributed by atoms with E-state index >= 15 is 0 Å². The summed E-state index contributed by atoms with van der Waals surface area (Å²) in [6.45, 7) is 4.73. The highest BCUT2D eigenvalue weighted by Crippen LogP contribution is 2.32. The Balaban J connectivity index is 1.92. The first-order valence-corrected chi connectivity index (χ1v) is 10.1. The van der Waals surface area contributed by atoms with Gasteiger partial charge < -0.3 is 28.4 Å². The van der Waals surface area contributed by atoms with E-state index in [1.165, 1.54) is 27.7 Å². The van der Waals surface area contributed by atoms with Crippen LogP contribution in [0.25, 0.3) is 10.8 Å². The van der Waals surface area contributed by atoms with Crippen molar-refractivity contribution in [3.8, 4) is 11.5 Å². The van der Waals surface area contributed by atoms with E-state index in [4.69, 9.17) is 28.4 Å². The lowest BCUT2D eigenvalue weighted by molar-refractivity contribution is -0.259. The molecule has 176 valence electrons. The molecule has 10 nitrogen and oxygen atoms in total. The summed E-state index contributed by atoms with van der Waals surface area (Å²) >= 11 is 0. The van der Waals surface area contributed by atoms with Crippen LogP contribution in [-0.4, -0.2) is 55.1 Å². The number of carbonyl (C=O) groups is 4. The number of esters is 4. The van der Waals surface area contributed by atoms with Crippen LogP contribution in [0.5, 0.6) is 11.5 Å². The number of hydrogen-bond acceptors (Lipinski definition) is 10. The highest BCUT2D eigenvalue weighted by Gasteiger charge is 2.48. The topological polar surface area (TPSA) is 124 Å². The van der Waals surface area contributed by atoms with Crippen molar-refractivity contribution in [3.63, 3.8) is 0 Å². The summed E-state index contributed by atoms with van der Waals surface area (Å²) < 4.78 is 32.7. The second kappa shape index (κ2) is 10.3. The lowest BCUT2D eigenvalue weighted by Gasteiger charge is -2.40. The van der Waals surface area contributed by atoms with E-state index in [1.807, 2.05) is 0 Å². The molecule has 3 rings (SSSR count). The van der Waals surface area contributed by atoms with Crippen molar-refractivity contribution in [1.82, 2.24) is 0 Å². The Morgan fingerprint density at radius 3 is 2.12 bits per heavy atom. The van der Waals surface area contributed by atoms with Gasteiger partial charge in [-0.2, -0.15) is 0 Å². The third kappa shape index (κ3) is 6.19. The molecule has 0 amide bonds. The number of benzene rings is 2. The van der Waals surface area contributed by atoms with Crippen LogP contribution in [0.15, 0.2) is 36.4 Å². The summed E-state index contributed by atoms with van der Waals surface area (Å²) in [6.07, 6.45) is -4.50. The fourth-order valence-electron chi connectivity index (χ4n) is 3.50. The normalized spacial score (nSPS) is 22.2. The van der Waals surface area contributed by atoms with Gasteiger partial charge in [-0.1, -0.05) is 12.1 Å². The zero-order chi connectivity index (χ0) is 24.1. The molecule has 1 fully saturated rings. The number of hydrogen-bond donors (Lipinski definition) is 0. The largest absolute Gasteiger partial charge is 0.460 e. The highest BCUT2D eigenvalue weighted by molar-refractivity contribution is 5.90. The van der Waals surface area contributed by atoms with E-state index in [-0.39, 0.29) is 6.61 Å². The van der Waals surface area contributed by atoms with Crippen molar-refractivity contribution in [2.45, 2.75) is 52.3 Å². The summed E-state index contributed by atoms with van der Waals surface area (Å²) in [6, 6.07) is 10.2. The molecule has 1 heterocycles. The van der Waals surface area contributed by atoms with Gasteiger partial charge in [0.25, 0.3) is 0 Å². The van der Waals surface area contributed by atoms with Crippen molar-refractivity contribution in [1.29, 1.82) is 0 Å². The van der Waals surface area contributed by atoms with Gasteiger partial charge in [0.05, 0.1) is 6.61 Å². The summed E-state index contributed by atoms with van der Waals surface area (Å²) in [7, 11) is 0. The molecule has 0 radical (unpaired) electrons. The van der Waals surface area contributed by atoms with Gasteiger partial charge in [0.2, 0.25) is 12.4 Å². The standard InChI is InChI=1S/C23H24O10/c1-12(24)29-17-8-9-18-16(10-17)6-5-7-19(18)33-23-22(32-15(4)27)21(31-14(3)26)20(11-28-23)30-13(2)25/h5-10,20-23H,11H2,1-4H3/t20-,21+,22-,23+/m1/s1. The smallest absolute Gasteiger partial charge is 0.308 e. The molecule has 0 bridgehead atoms. The second-order valence-corrected chi connectivity index (χ2v) is 7.35. The Bertz CT molecular complexity index is 1060. The molecule has 1 saturated heterocycles. The molecule has 2 aromatic rings. The molecule has 4 atom stereocenters. The van der Waals surface area contributed by atoms with Gasteiger partial charge in [0, 0.05) is 33.1 Å². The first-order valence-electron chi connectivity index (χ1n) is 10.1. The summed E-state index contributed by atoms with van der Waals surface area (Å²) in [5, 5.41) is 1.39. The van der Waals surface area contributed by atoms with Gasteiger partial charge in [-0.3, -0.25) is 19.2 Å². The monoisotopic (exact) mass is 460 g/mol. The number of ether oxygens (including phenoxy) is 6. The molecular formula is C23H24O10. The summed E-state index contributed by atoms with van der Waals surface area (Å²) in [5.41, 5.74) is 0. The molecule has 2 aromatic carbocycles. The van der Waals surface area contributed by atoms with Crippen LogP contribution in [0.1, 0.15) is 27.7 Å². The van der Waals surface area contributed by atoms with Crippen LogP contribution in [0.3, 0.4) is 0 Å². The van der Waals surface area contributed by atoms with Gasteiger partial charge in [0.1, 0.15) is 11.5 Å². The molecule has 0 unspecified atom stereocenters. The predicted octanol–water partition coefficient (Wildman–Crippen LogP) is 2.30. The minimum atomic E-state index is -1.21. The Kier molecular flexibility index (Phi) is 7.49. The molecule has 1 aliphatic heterocycles. The summed E-state index contributed by atoms with van der Waals surface area (Å²) in [4.78, 5) is 46.2. The Hall–Kier alpha value is -3.66. The average molecular weight is 460 g/mol. The molecule has 33 heavy (non-hydrogen) atoms. The van der Waals surface area contributed by atoms with Crippen molar-refractivity contribution < 1.29 is 47.6 Å². The first kappa shape index (κ1) is 24.0. The molecule has 1 aliphatic rings. The average Bonchev–Trinajstić information content (AvgIpc) is 2.70. The Morgan fingerprint density at radius 1 is 0.818 bits per heavy atom. The molecule has 0 aromatic heterocycles. The van der Waals surface area contributed by atoms with Crippen molar-refractivity contribution in [2.24, 2.45) is 0 Å². The van der Waals surface area contributed by atoms with Crippen molar-refractivity contribution in [3.05, 3.63) is 36.4 Å². The third-order valence-corrected chi connectivity index (χ3v) is 4.62. The minimum absolute atomic E-state index is 0.151. The third-order valence-electron chi connectivity index (χ3n) is 4.62. The van der Waals surface area contributed by atoms with E-state index < -0.39 is 48.5 Å². The van der Waals surface area contributed by atoms with Crippen molar-refractivity contribution in [2.75, 3.05) is 6.61 Å². The fourth-order valence-corrected chi connectivity index (χ4v) is 3.50. The predicted molar refractivity (Wildman–Crippen MR) is 112 cm³/mol. The van der Waals surface area contributed by atoms with Crippen LogP contribution >= 0.6 is 0 Å². The van der Waals surface area contributed by atoms with E-state index in [0.717, 1.165) is 5.39 Å². The van der Waals surface area contributed by atoms with E-state index in [9.17, 15) is 19.2 Å². The maximum Gasteiger partial charge on any atom is 0.308 e. The van der Waals surface area contributed by atoms with Crippen LogP contribution in [0.4, 0.5) is 0 Å². The SMILES string of the molecule is CC(=O)Oc1ccc2c(O[C@@H]3OC[C@@H](OC(C)=O)[C@H](OC(C)=O)[C@H]3OC(C)=O)cccc2c1. The zero-order valence-corrected chi connectivity index (χ0v) is 18.6. The molecule has 10 heteroatoms. The van der Waals surface area contributed by atoms with Gasteiger partial charge in [0.15, 0.2) is 12.2 Å². The summed E-state index contributed by atoms with van der Waals surface area (Å²) in [5.74, 6) is -1.62. The Labute approximate surface area is 189 Å². The molecule has 0 N–H and O–H groups in total. The molecule has 0 saturated carbocycles. The molecular weight excluding hydrogens is 436 g/mol. The highest BCUT2D eigenvalue weighted by atomic mass is 16.7. The van der Waals surface area contributed by atoms with Crippen LogP contribution in [-0.2, 0) is 38.1 Å². The maximum absolute atomic E-state index is 11.8. The van der Waals surface area contributed by atoms with E-state index in [1.54, 1.807) is 36.4 Å². The quantitative estimate of drug-likeness (QED) is 0.360. The number of carbonyl (C=O) groups excluding carboxylic acids is 4. The van der Waals surface area contributed by atoms with E-state index in [2.05, 4.69) is 0 Å². The number of fused-ring (bicyclic) bond motifs is 1. The van der Waals surface area contributed by atoms with Gasteiger partial charge in [-0.25, -0.2) is 0 Å². The van der Waals surface area contributed by atoms with E-state index in [0.29, 0.717) is 16.9 Å². The van der Waals surface area contributed by atoms with Gasteiger partial charge in [-0.05, 0) is 29.7 Å². The zero-order valence-electron chi connectivity index (χ0n) is 18.6. The lowest BCUT2D eigenvalue weighted by Crippen LogP contribution is -2.59. The van der Waals surface area contributed by atoms with Crippen LogP contribution < -0.4 is 9.47 Å². The lowest BCUT2D eigenvalue weighted by atomic mass is 10.0. The fraction of sp³-hybridized carbons (Fsp3) is 0.391. The van der Waals surface area contributed by atoms with Gasteiger partial charge >= 0.3 is 23.9 Å². The Morgan fingerprint density at radius 2 is 1.48 bits per heavy atom. The van der Waals surface area contributed by atoms with Gasteiger partial charge in [-0.15, -0.1) is 0 Å². The van der Waals surface area contributed by atoms with Crippen molar-refractivity contribution >= 4 is 34.6 Å². The minimum Gasteiger partial charge on any atom is -0.460 e.